The molecule has 5 heteroatoms. The summed E-state index contributed by atoms with van der Waals surface area (Å²) in [6.07, 6.45) is 0. The lowest BCUT2D eigenvalue weighted by molar-refractivity contribution is 0.617. The van der Waals surface area contributed by atoms with Crippen LogP contribution in [0.3, 0.4) is 0 Å². The van der Waals surface area contributed by atoms with Gasteiger partial charge in [-0.05, 0) is 49.0 Å². The van der Waals surface area contributed by atoms with Gasteiger partial charge in [-0.3, -0.25) is 9.36 Å². The van der Waals surface area contributed by atoms with E-state index in [0.29, 0.717) is 22.2 Å². The molecule has 0 saturated heterocycles. The SMILES string of the molecule is Cc1ccc(-n2c(=S)[nH]c3ccccc3c2=O)cc1F. The third kappa shape index (κ3) is 1.96. The summed E-state index contributed by atoms with van der Waals surface area (Å²) in [6.45, 7) is 1.67. The number of fused-ring (bicyclic) bond motifs is 1. The van der Waals surface area contributed by atoms with Crippen LogP contribution in [-0.4, -0.2) is 9.55 Å². The maximum atomic E-state index is 13.7. The molecular weight excluding hydrogens is 275 g/mol. The first kappa shape index (κ1) is 12.7. The smallest absolute Gasteiger partial charge is 0.266 e. The highest BCUT2D eigenvalue weighted by Gasteiger charge is 2.08. The van der Waals surface area contributed by atoms with Gasteiger partial charge in [0.2, 0.25) is 0 Å². The minimum Gasteiger partial charge on any atom is -0.331 e. The Kier molecular flexibility index (Phi) is 2.99. The van der Waals surface area contributed by atoms with Crippen molar-refractivity contribution in [2.75, 3.05) is 0 Å². The standard InChI is InChI=1S/C15H11FN2OS/c1-9-6-7-10(8-12(9)16)18-14(19)11-4-2-3-5-13(11)17-15(18)20/h2-8H,1H3,(H,17,20). The first-order valence-corrected chi connectivity index (χ1v) is 6.49. The molecule has 3 rings (SSSR count). The molecule has 0 fully saturated rings. The predicted molar refractivity (Wildman–Crippen MR) is 79.4 cm³/mol. The molecule has 100 valence electrons. The Morgan fingerprint density at radius 1 is 1.20 bits per heavy atom. The molecule has 0 aliphatic heterocycles. The monoisotopic (exact) mass is 286 g/mol. The summed E-state index contributed by atoms with van der Waals surface area (Å²) in [4.78, 5) is 15.5. The van der Waals surface area contributed by atoms with E-state index in [1.165, 1.54) is 10.6 Å². The van der Waals surface area contributed by atoms with Gasteiger partial charge in [0.25, 0.3) is 5.56 Å². The summed E-state index contributed by atoms with van der Waals surface area (Å²) in [5.74, 6) is -0.364. The van der Waals surface area contributed by atoms with Crippen molar-refractivity contribution in [3.63, 3.8) is 0 Å². The molecule has 3 nitrogen and oxygen atoms in total. The summed E-state index contributed by atoms with van der Waals surface area (Å²) in [5, 5.41) is 0.516. The fourth-order valence-corrected chi connectivity index (χ4v) is 2.42. The van der Waals surface area contributed by atoms with E-state index in [-0.39, 0.29) is 16.1 Å². The van der Waals surface area contributed by atoms with Gasteiger partial charge in [-0.25, -0.2) is 4.39 Å². The van der Waals surface area contributed by atoms with Gasteiger partial charge < -0.3 is 4.98 Å². The minimum absolute atomic E-state index is 0.247. The molecule has 1 aromatic heterocycles. The fourth-order valence-electron chi connectivity index (χ4n) is 2.12. The molecule has 0 unspecified atom stereocenters. The Morgan fingerprint density at radius 3 is 2.70 bits per heavy atom. The van der Waals surface area contributed by atoms with Crippen LogP contribution in [0, 0.1) is 17.5 Å². The average molecular weight is 286 g/mol. The van der Waals surface area contributed by atoms with Crippen LogP contribution in [0.15, 0.2) is 47.3 Å². The van der Waals surface area contributed by atoms with Crippen LogP contribution in [0.4, 0.5) is 4.39 Å². The molecule has 0 bridgehead atoms. The number of halogens is 1. The molecule has 0 atom stereocenters. The van der Waals surface area contributed by atoms with E-state index in [9.17, 15) is 9.18 Å². The van der Waals surface area contributed by atoms with Crippen molar-refractivity contribution in [3.05, 3.63) is 69.0 Å². The van der Waals surface area contributed by atoms with Crippen molar-refractivity contribution in [1.29, 1.82) is 0 Å². The van der Waals surface area contributed by atoms with E-state index >= 15 is 0 Å². The lowest BCUT2D eigenvalue weighted by Gasteiger charge is -2.09. The first-order valence-electron chi connectivity index (χ1n) is 6.08. The van der Waals surface area contributed by atoms with Crippen LogP contribution in [0.25, 0.3) is 16.6 Å². The van der Waals surface area contributed by atoms with Gasteiger partial charge in [-0.2, -0.15) is 0 Å². The number of benzene rings is 2. The number of aryl methyl sites for hydroxylation is 1. The second-order valence-corrected chi connectivity index (χ2v) is 4.94. The molecular formula is C15H11FN2OS. The fraction of sp³-hybridized carbons (Fsp3) is 0.0667. The Labute approximate surface area is 119 Å². The Morgan fingerprint density at radius 2 is 1.95 bits per heavy atom. The van der Waals surface area contributed by atoms with Crippen molar-refractivity contribution in [2.24, 2.45) is 0 Å². The number of H-pyrrole nitrogens is 1. The number of hydrogen-bond acceptors (Lipinski definition) is 2. The molecule has 1 N–H and O–H groups in total. The zero-order valence-electron chi connectivity index (χ0n) is 10.7. The van der Waals surface area contributed by atoms with E-state index in [4.69, 9.17) is 12.2 Å². The maximum absolute atomic E-state index is 13.7. The third-order valence-corrected chi connectivity index (χ3v) is 3.50. The van der Waals surface area contributed by atoms with Crippen LogP contribution in [0.2, 0.25) is 0 Å². The molecule has 0 aliphatic rings. The number of nitrogens with one attached hydrogen (secondary N) is 1. The van der Waals surface area contributed by atoms with Crippen LogP contribution >= 0.6 is 12.2 Å². The number of aromatic amines is 1. The van der Waals surface area contributed by atoms with Crippen molar-refractivity contribution in [2.45, 2.75) is 6.92 Å². The predicted octanol–water partition coefficient (Wildman–Crippen LogP) is 3.50. The Balaban J connectivity index is 2.39. The summed E-state index contributed by atoms with van der Waals surface area (Å²) >= 11 is 5.21. The summed E-state index contributed by atoms with van der Waals surface area (Å²) in [6, 6.07) is 11.7. The summed E-state index contributed by atoms with van der Waals surface area (Å²) < 4.78 is 15.2. The second kappa shape index (κ2) is 4.68. The van der Waals surface area contributed by atoms with Gasteiger partial charge in [0, 0.05) is 0 Å². The highest BCUT2D eigenvalue weighted by molar-refractivity contribution is 7.71. The molecule has 0 spiro atoms. The normalized spacial score (nSPS) is 10.9. The highest BCUT2D eigenvalue weighted by atomic mass is 32.1. The maximum Gasteiger partial charge on any atom is 0.266 e. The number of rotatable bonds is 1. The van der Waals surface area contributed by atoms with Crippen molar-refractivity contribution in [3.8, 4) is 5.69 Å². The van der Waals surface area contributed by atoms with Crippen LogP contribution in [0.1, 0.15) is 5.56 Å². The van der Waals surface area contributed by atoms with Crippen LogP contribution < -0.4 is 5.56 Å². The van der Waals surface area contributed by atoms with Gasteiger partial charge in [0.1, 0.15) is 5.82 Å². The molecule has 0 amide bonds. The van der Waals surface area contributed by atoms with Gasteiger partial charge in [-0.15, -0.1) is 0 Å². The average Bonchev–Trinajstić information content (AvgIpc) is 2.43. The highest BCUT2D eigenvalue weighted by Crippen LogP contribution is 2.14. The van der Waals surface area contributed by atoms with E-state index < -0.39 is 0 Å². The zero-order valence-corrected chi connectivity index (χ0v) is 11.5. The molecule has 3 aromatic rings. The van der Waals surface area contributed by atoms with Gasteiger partial charge >= 0.3 is 0 Å². The third-order valence-electron chi connectivity index (χ3n) is 3.22. The van der Waals surface area contributed by atoms with Crippen LogP contribution in [-0.2, 0) is 0 Å². The summed E-state index contributed by atoms with van der Waals surface area (Å²) in [7, 11) is 0. The first-order chi connectivity index (χ1) is 9.58. The number of aromatic nitrogens is 2. The molecule has 1 heterocycles. The van der Waals surface area contributed by atoms with E-state index in [0.717, 1.165) is 0 Å². The van der Waals surface area contributed by atoms with Crippen LogP contribution in [0.5, 0.6) is 0 Å². The second-order valence-electron chi connectivity index (χ2n) is 4.55. The molecule has 0 aliphatic carbocycles. The van der Waals surface area contributed by atoms with E-state index in [1.807, 2.05) is 6.07 Å². The number of para-hydroxylation sites is 1. The number of hydrogen-bond donors (Lipinski definition) is 1. The van der Waals surface area contributed by atoms with Crippen molar-refractivity contribution < 1.29 is 4.39 Å². The zero-order chi connectivity index (χ0) is 14.3. The molecule has 0 radical (unpaired) electrons. The largest absolute Gasteiger partial charge is 0.331 e. The minimum atomic E-state index is -0.364. The van der Waals surface area contributed by atoms with Gasteiger partial charge in [0.05, 0.1) is 16.6 Å². The number of nitrogens with zero attached hydrogens (tertiary/aromatic N) is 1. The quantitative estimate of drug-likeness (QED) is 0.695. The van der Waals surface area contributed by atoms with E-state index in [2.05, 4.69) is 4.98 Å². The van der Waals surface area contributed by atoms with Gasteiger partial charge in [0.15, 0.2) is 4.77 Å². The summed E-state index contributed by atoms with van der Waals surface area (Å²) in [5.41, 5.74) is 1.36. The lowest BCUT2D eigenvalue weighted by Crippen LogP contribution is -2.20. The lowest BCUT2D eigenvalue weighted by atomic mass is 10.2. The van der Waals surface area contributed by atoms with Crippen molar-refractivity contribution in [1.82, 2.24) is 9.55 Å². The molecule has 0 saturated carbocycles. The molecule has 20 heavy (non-hydrogen) atoms. The van der Waals surface area contributed by atoms with Gasteiger partial charge in [-0.1, -0.05) is 18.2 Å². The van der Waals surface area contributed by atoms with E-state index in [1.54, 1.807) is 37.3 Å². The molecule has 2 aromatic carbocycles. The Bertz CT molecular complexity index is 927. The van der Waals surface area contributed by atoms with Crippen molar-refractivity contribution >= 4 is 23.1 Å². The Hall–Kier alpha value is -2.27. The topological polar surface area (TPSA) is 37.8 Å².